The number of hydrogen-bond donors (Lipinski definition) is 0. The second kappa shape index (κ2) is 6.89. The number of benzene rings is 2. The molecular weight excluding hydrogens is 454 g/mol. The fourth-order valence-electron chi connectivity index (χ4n) is 6.43. The van der Waals surface area contributed by atoms with E-state index < -0.39 is 0 Å². The molecule has 1 aromatic heterocycles. The van der Waals surface area contributed by atoms with Gasteiger partial charge in [-0.2, -0.15) is 0 Å². The number of nitrogens with zero attached hydrogens (tertiary/aromatic N) is 1. The predicted octanol–water partition coefficient (Wildman–Crippen LogP) is 8.44. The van der Waals surface area contributed by atoms with E-state index in [1.54, 1.807) is 0 Å². The zero-order valence-electron chi connectivity index (χ0n) is 18.9. The largest absolute Gasteiger partial charge is 0.241 e. The van der Waals surface area contributed by atoms with Crippen molar-refractivity contribution in [2.75, 3.05) is 0 Å². The highest BCUT2D eigenvalue weighted by atomic mass is 79.9. The molecule has 0 saturated carbocycles. The summed E-state index contributed by atoms with van der Waals surface area (Å²) in [5.74, 6) is 0.665. The third-order valence-electron chi connectivity index (χ3n) is 7.68. The van der Waals surface area contributed by atoms with Gasteiger partial charge < -0.3 is 0 Å². The van der Waals surface area contributed by atoms with E-state index in [2.05, 4.69) is 116 Å². The number of rotatable bonds is 2. The Hall–Kier alpha value is -2.71. The first kappa shape index (κ1) is 19.9. The molecule has 2 aromatic carbocycles. The van der Waals surface area contributed by atoms with Crippen molar-refractivity contribution in [2.45, 2.75) is 39.5 Å². The first-order valence-corrected chi connectivity index (χ1v) is 12.2. The first-order valence-electron chi connectivity index (χ1n) is 11.4. The molecule has 1 heterocycles. The third kappa shape index (κ3) is 2.65. The van der Waals surface area contributed by atoms with Crippen LogP contribution in [-0.4, -0.2) is 4.98 Å². The van der Waals surface area contributed by atoms with Gasteiger partial charge in [-0.05, 0) is 85.1 Å². The predicted molar refractivity (Wildman–Crippen MR) is 137 cm³/mol. The van der Waals surface area contributed by atoms with E-state index in [9.17, 15) is 0 Å². The van der Waals surface area contributed by atoms with Gasteiger partial charge in [-0.1, -0.05) is 81.4 Å². The van der Waals surface area contributed by atoms with Gasteiger partial charge in [0.15, 0.2) is 0 Å². The second-order valence-corrected chi connectivity index (χ2v) is 10.7. The molecule has 1 unspecified atom stereocenters. The van der Waals surface area contributed by atoms with Crippen LogP contribution in [0.25, 0.3) is 17.2 Å². The van der Waals surface area contributed by atoms with Crippen LogP contribution in [0, 0.1) is 5.41 Å². The quantitative estimate of drug-likeness (QED) is 0.336. The van der Waals surface area contributed by atoms with Crippen molar-refractivity contribution in [3.63, 3.8) is 0 Å². The molecule has 0 saturated heterocycles. The van der Waals surface area contributed by atoms with Crippen LogP contribution in [0.4, 0.5) is 0 Å². The summed E-state index contributed by atoms with van der Waals surface area (Å²) < 4.78 is 0.894. The van der Waals surface area contributed by atoms with Gasteiger partial charge in [0.25, 0.3) is 0 Å². The molecule has 0 radical (unpaired) electrons. The van der Waals surface area contributed by atoms with Crippen molar-refractivity contribution in [3.05, 3.63) is 116 Å². The summed E-state index contributed by atoms with van der Waals surface area (Å²) in [6, 6.07) is 22.2. The van der Waals surface area contributed by atoms with E-state index in [1.165, 1.54) is 50.1 Å². The number of fused-ring (bicyclic) bond motifs is 5. The van der Waals surface area contributed by atoms with E-state index in [0.717, 1.165) is 10.3 Å². The normalized spacial score (nSPS) is 19.2. The van der Waals surface area contributed by atoms with Crippen LogP contribution in [0.5, 0.6) is 0 Å². The second-order valence-electron chi connectivity index (χ2n) is 9.88. The molecule has 0 bridgehead atoms. The lowest BCUT2D eigenvalue weighted by atomic mass is 9.65. The van der Waals surface area contributed by atoms with Gasteiger partial charge in [0.2, 0.25) is 0 Å². The van der Waals surface area contributed by atoms with Crippen molar-refractivity contribution in [3.8, 4) is 11.1 Å². The van der Waals surface area contributed by atoms with Gasteiger partial charge in [0.1, 0.15) is 4.60 Å². The summed E-state index contributed by atoms with van der Waals surface area (Å²) >= 11 is 3.57. The molecule has 158 valence electrons. The van der Waals surface area contributed by atoms with Crippen LogP contribution >= 0.6 is 15.9 Å². The van der Waals surface area contributed by atoms with Crippen LogP contribution in [-0.2, 0) is 0 Å². The lowest BCUT2D eigenvalue weighted by Crippen LogP contribution is -2.26. The highest BCUT2D eigenvalue weighted by Gasteiger charge is 2.45. The summed E-state index contributed by atoms with van der Waals surface area (Å²) in [5.41, 5.74) is 13.6. The van der Waals surface area contributed by atoms with Gasteiger partial charge in [0, 0.05) is 17.3 Å². The van der Waals surface area contributed by atoms with E-state index in [-0.39, 0.29) is 5.41 Å². The van der Waals surface area contributed by atoms with Gasteiger partial charge in [0.05, 0.1) is 5.69 Å². The van der Waals surface area contributed by atoms with Crippen molar-refractivity contribution in [1.29, 1.82) is 0 Å². The van der Waals surface area contributed by atoms with Crippen molar-refractivity contribution in [2.24, 2.45) is 5.41 Å². The molecule has 0 fully saturated rings. The Morgan fingerprint density at radius 1 is 0.812 bits per heavy atom. The average molecular weight is 480 g/mol. The molecule has 0 N–H and O–H groups in total. The zero-order valence-corrected chi connectivity index (χ0v) is 20.5. The van der Waals surface area contributed by atoms with E-state index >= 15 is 0 Å². The lowest BCUT2D eigenvalue weighted by molar-refractivity contribution is 0.398. The highest BCUT2D eigenvalue weighted by Crippen LogP contribution is 2.60. The molecule has 0 aliphatic heterocycles. The fraction of sp³-hybridized carbons (Fsp3) is 0.233. The maximum atomic E-state index is 4.83. The topological polar surface area (TPSA) is 12.9 Å². The number of pyridine rings is 1. The molecule has 32 heavy (non-hydrogen) atoms. The van der Waals surface area contributed by atoms with Gasteiger partial charge in [-0.25, -0.2) is 4.98 Å². The molecule has 2 heteroatoms. The number of hydrogen-bond acceptors (Lipinski definition) is 1. The van der Waals surface area contributed by atoms with Gasteiger partial charge in [-0.15, -0.1) is 0 Å². The monoisotopic (exact) mass is 479 g/mol. The Morgan fingerprint density at radius 3 is 2.09 bits per heavy atom. The smallest absolute Gasteiger partial charge is 0.106 e. The molecular formula is C30H26BrN. The van der Waals surface area contributed by atoms with Crippen LogP contribution in [0.1, 0.15) is 61.9 Å². The summed E-state index contributed by atoms with van der Waals surface area (Å²) in [6.07, 6.45) is 4.75. The standard InChI is InChI=1S/C30H26BrN/c1-17-15-24-18(2)19-13-14-27(31)32-26(19)16-25(24)28(17)30(3,4)29-22-11-7-5-9-20(22)21-10-6-8-12-23(21)29/h5-16,18,29H,1-4H3. The van der Waals surface area contributed by atoms with Gasteiger partial charge in [-0.3, -0.25) is 0 Å². The molecule has 1 atom stereocenters. The van der Waals surface area contributed by atoms with Crippen molar-refractivity contribution < 1.29 is 0 Å². The Labute approximate surface area is 198 Å². The molecule has 3 aromatic rings. The number of allylic oxidation sites excluding steroid dienone is 5. The number of halogens is 1. The van der Waals surface area contributed by atoms with Crippen molar-refractivity contribution in [1.82, 2.24) is 4.98 Å². The van der Waals surface area contributed by atoms with Crippen LogP contribution in [0.3, 0.4) is 0 Å². The van der Waals surface area contributed by atoms with Crippen LogP contribution in [0.2, 0.25) is 0 Å². The molecule has 6 rings (SSSR count). The van der Waals surface area contributed by atoms with Crippen molar-refractivity contribution >= 4 is 22.0 Å². The lowest BCUT2D eigenvalue weighted by Gasteiger charge is -2.38. The Kier molecular flexibility index (Phi) is 4.29. The van der Waals surface area contributed by atoms with Crippen LogP contribution < -0.4 is 0 Å². The van der Waals surface area contributed by atoms with Gasteiger partial charge >= 0.3 is 0 Å². The van der Waals surface area contributed by atoms with E-state index in [4.69, 9.17) is 4.98 Å². The molecule has 0 spiro atoms. The number of aromatic nitrogens is 1. The molecule has 1 nitrogen and oxygen atoms in total. The Balaban J connectivity index is 1.54. The van der Waals surface area contributed by atoms with E-state index in [0.29, 0.717) is 11.8 Å². The fourth-order valence-corrected chi connectivity index (χ4v) is 6.76. The Morgan fingerprint density at radius 2 is 1.44 bits per heavy atom. The van der Waals surface area contributed by atoms with E-state index in [1.807, 2.05) is 0 Å². The summed E-state index contributed by atoms with van der Waals surface area (Å²) in [5, 5.41) is 0. The van der Waals surface area contributed by atoms with Crippen LogP contribution in [0.15, 0.2) is 93.6 Å². The third-order valence-corrected chi connectivity index (χ3v) is 8.13. The highest BCUT2D eigenvalue weighted by molar-refractivity contribution is 9.10. The minimum atomic E-state index is -0.0693. The molecule has 0 amide bonds. The maximum absolute atomic E-state index is 4.83. The Bertz CT molecular complexity index is 1340. The molecule has 3 aliphatic rings. The molecule has 3 aliphatic carbocycles. The zero-order chi connectivity index (χ0) is 22.2. The maximum Gasteiger partial charge on any atom is 0.106 e. The summed E-state index contributed by atoms with van der Waals surface area (Å²) in [7, 11) is 0. The minimum absolute atomic E-state index is 0.0693. The average Bonchev–Trinajstić information content (AvgIpc) is 3.29. The SMILES string of the molecule is CC1=C(C(C)(C)C2c3ccccc3-c3ccccc32)C2=Cc3nc(Br)ccc3C(C)C2=C1. The first-order chi connectivity index (χ1) is 15.4. The minimum Gasteiger partial charge on any atom is -0.241 e. The summed E-state index contributed by atoms with van der Waals surface area (Å²) in [4.78, 5) is 4.83. The summed E-state index contributed by atoms with van der Waals surface area (Å²) in [6.45, 7) is 9.47.